The maximum Gasteiger partial charge on any atom is 0.264 e. The highest BCUT2D eigenvalue weighted by atomic mass is 35.5. The largest absolute Gasteiger partial charge is 0.354 e. The Balaban J connectivity index is 2.00. The molecule has 9 heteroatoms. The molecule has 0 saturated heterocycles. The van der Waals surface area contributed by atoms with Gasteiger partial charge in [0.15, 0.2) is 0 Å². The van der Waals surface area contributed by atoms with E-state index in [-0.39, 0.29) is 17.3 Å². The van der Waals surface area contributed by atoms with E-state index in [1.54, 1.807) is 55.5 Å². The van der Waals surface area contributed by atoms with Crippen molar-refractivity contribution in [3.8, 4) is 0 Å². The van der Waals surface area contributed by atoms with Crippen LogP contribution >= 0.6 is 11.6 Å². The van der Waals surface area contributed by atoms with Crippen molar-refractivity contribution in [2.45, 2.75) is 58.0 Å². The molecule has 2 amide bonds. The summed E-state index contributed by atoms with van der Waals surface area (Å²) in [5, 5.41) is 3.38. The fourth-order valence-corrected chi connectivity index (χ4v) is 5.72. The number of halogens is 1. The van der Waals surface area contributed by atoms with Crippen LogP contribution in [-0.2, 0) is 26.2 Å². The first-order valence-corrected chi connectivity index (χ1v) is 14.8. The zero-order valence-electron chi connectivity index (χ0n) is 22.9. The first-order chi connectivity index (χ1) is 18.5. The zero-order valence-corrected chi connectivity index (χ0v) is 24.4. The van der Waals surface area contributed by atoms with Crippen LogP contribution in [0.25, 0.3) is 0 Å². The molecule has 0 bridgehead atoms. The standard InChI is InChI=1S/C30H36ClN3O4S/c1-5-6-17-32-30(36)24(4)33(20-25-10-8-11-26(31)19-25)29(35)21-34(27-12-7-9-23(3)18-27)39(37,38)28-15-13-22(2)14-16-28/h7-16,18-19,24H,5-6,17,20-21H2,1-4H3,(H,32,36). The molecule has 0 fully saturated rings. The molecule has 0 aliphatic heterocycles. The minimum Gasteiger partial charge on any atom is -0.354 e. The lowest BCUT2D eigenvalue weighted by atomic mass is 10.1. The lowest BCUT2D eigenvalue weighted by Crippen LogP contribution is -2.51. The van der Waals surface area contributed by atoms with Gasteiger partial charge < -0.3 is 10.2 Å². The first-order valence-electron chi connectivity index (χ1n) is 13.0. The first kappa shape index (κ1) is 30.2. The van der Waals surface area contributed by atoms with E-state index in [1.165, 1.54) is 17.0 Å². The molecule has 1 atom stereocenters. The van der Waals surface area contributed by atoms with E-state index >= 15 is 0 Å². The highest BCUT2D eigenvalue weighted by molar-refractivity contribution is 7.92. The van der Waals surface area contributed by atoms with Crippen molar-refractivity contribution in [2.24, 2.45) is 0 Å². The number of benzene rings is 3. The molecular formula is C30H36ClN3O4S. The molecule has 0 saturated carbocycles. The van der Waals surface area contributed by atoms with Crippen molar-refractivity contribution in [1.29, 1.82) is 0 Å². The van der Waals surface area contributed by atoms with Crippen LogP contribution in [0.5, 0.6) is 0 Å². The molecular weight excluding hydrogens is 534 g/mol. The normalized spacial score (nSPS) is 12.0. The van der Waals surface area contributed by atoms with Crippen molar-refractivity contribution in [1.82, 2.24) is 10.2 Å². The molecule has 1 N–H and O–H groups in total. The van der Waals surface area contributed by atoms with Gasteiger partial charge in [0.2, 0.25) is 11.8 Å². The van der Waals surface area contributed by atoms with Gasteiger partial charge in [-0.1, -0.05) is 66.9 Å². The second kappa shape index (κ2) is 13.6. The molecule has 0 aliphatic carbocycles. The molecule has 0 aliphatic rings. The van der Waals surface area contributed by atoms with E-state index in [1.807, 2.05) is 32.9 Å². The predicted molar refractivity (Wildman–Crippen MR) is 156 cm³/mol. The summed E-state index contributed by atoms with van der Waals surface area (Å²) in [6.45, 7) is 7.51. The molecule has 0 heterocycles. The molecule has 7 nitrogen and oxygen atoms in total. The maximum absolute atomic E-state index is 13.9. The summed E-state index contributed by atoms with van der Waals surface area (Å²) in [7, 11) is -4.10. The Kier molecular flexibility index (Phi) is 10.5. The van der Waals surface area contributed by atoms with E-state index in [9.17, 15) is 18.0 Å². The monoisotopic (exact) mass is 569 g/mol. The van der Waals surface area contributed by atoms with Crippen molar-refractivity contribution < 1.29 is 18.0 Å². The fraction of sp³-hybridized carbons (Fsp3) is 0.333. The molecule has 1 unspecified atom stereocenters. The minimum atomic E-state index is -4.10. The van der Waals surface area contributed by atoms with Crippen LogP contribution in [0.1, 0.15) is 43.4 Å². The average Bonchev–Trinajstić information content (AvgIpc) is 2.90. The predicted octanol–water partition coefficient (Wildman–Crippen LogP) is 5.49. The van der Waals surface area contributed by atoms with Gasteiger partial charge in [0, 0.05) is 18.1 Å². The Bertz CT molecular complexity index is 1390. The zero-order chi connectivity index (χ0) is 28.6. The molecule has 0 aromatic heterocycles. The summed E-state index contributed by atoms with van der Waals surface area (Å²) in [6, 6.07) is 19.7. The molecule has 3 rings (SSSR count). The number of aryl methyl sites for hydroxylation is 2. The number of hydrogen-bond acceptors (Lipinski definition) is 4. The van der Waals surface area contributed by atoms with Gasteiger partial charge in [-0.25, -0.2) is 8.42 Å². The number of rotatable bonds is 12. The summed E-state index contributed by atoms with van der Waals surface area (Å²) >= 11 is 6.18. The van der Waals surface area contributed by atoms with Gasteiger partial charge in [-0.15, -0.1) is 0 Å². The third kappa shape index (κ3) is 8.07. The van der Waals surface area contributed by atoms with Gasteiger partial charge in [-0.3, -0.25) is 13.9 Å². The summed E-state index contributed by atoms with van der Waals surface area (Å²) < 4.78 is 28.8. The lowest BCUT2D eigenvalue weighted by Gasteiger charge is -2.32. The third-order valence-electron chi connectivity index (χ3n) is 6.42. The summed E-state index contributed by atoms with van der Waals surface area (Å²) in [5.74, 6) is -0.812. The second-order valence-electron chi connectivity index (χ2n) is 9.64. The lowest BCUT2D eigenvalue weighted by molar-refractivity contribution is -0.139. The number of carbonyl (C=O) groups excluding carboxylic acids is 2. The number of nitrogens with one attached hydrogen (secondary N) is 1. The second-order valence-corrected chi connectivity index (χ2v) is 11.9. The Morgan fingerprint density at radius 2 is 1.64 bits per heavy atom. The summed E-state index contributed by atoms with van der Waals surface area (Å²) in [4.78, 5) is 28.4. The highest BCUT2D eigenvalue weighted by Gasteiger charge is 2.32. The van der Waals surface area contributed by atoms with Gasteiger partial charge in [-0.05, 0) is 74.7 Å². The number of amides is 2. The highest BCUT2D eigenvalue weighted by Crippen LogP contribution is 2.26. The number of hydrogen-bond donors (Lipinski definition) is 1. The molecule has 3 aromatic rings. The van der Waals surface area contributed by atoms with E-state index in [0.717, 1.165) is 33.8 Å². The van der Waals surface area contributed by atoms with Crippen molar-refractivity contribution in [2.75, 3.05) is 17.4 Å². The van der Waals surface area contributed by atoms with E-state index in [4.69, 9.17) is 11.6 Å². The number of unbranched alkanes of at least 4 members (excludes halogenated alkanes) is 1. The van der Waals surface area contributed by atoms with Crippen LogP contribution in [0, 0.1) is 13.8 Å². The number of anilines is 1. The smallest absolute Gasteiger partial charge is 0.264 e. The number of sulfonamides is 1. The average molecular weight is 570 g/mol. The van der Waals surface area contributed by atoms with Crippen LogP contribution in [0.15, 0.2) is 77.7 Å². The van der Waals surface area contributed by atoms with Gasteiger partial charge in [0.25, 0.3) is 10.0 Å². The quantitative estimate of drug-likeness (QED) is 0.292. The minimum absolute atomic E-state index is 0.0779. The summed E-state index contributed by atoms with van der Waals surface area (Å²) in [6.07, 6.45) is 1.73. The molecule has 3 aromatic carbocycles. The SMILES string of the molecule is CCCCNC(=O)C(C)N(Cc1cccc(Cl)c1)C(=O)CN(c1cccc(C)c1)S(=O)(=O)c1ccc(C)cc1. The van der Waals surface area contributed by atoms with Gasteiger partial charge in [0.05, 0.1) is 10.6 Å². The van der Waals surface area contributed by atoms with E-state index in [2.05, 4.69) is 5.32 Å². The summed E-state index contributed by atoms with van der Waals surface area (Å²) in [5.41, 5.74) is 2.87. The topological polar surface area (TPSA) is 86.8 Å². The maximum atomic E-state index is 13.9. The Hall–Kier alpha value is -3.36. The van der Waals surface area contributed by atoms with E-state index in [0.29, 0.717) is 17.3 Å². The Morgan fingerprint density at radius 3 is 2.28 bits per heavy atom. The van der Waals surface area contributed by atoms with Crippen LogP contribution in [0.3, 0.4) is 0 Å². The van der Waals surface area contributed by atoms with E-state index < -0.39 is 28.5 Å². The van der Waals surface area contributed by atoms with Crippen molar-refractivity contribution >= 4 is 39.1 Å². The van der Waals surface area contributed by atoms with Gasteiger partial charge in [0.1, 0.15) is 12.6 Å². The number of nitrogens with zero attached hydrogens (tertiary/aromatic N) is 2. The van der Waals surface area contributed by atoms with Crippen LogP contribution < -0.4 is 9.62 Å². The van der Waals surface area contributed by atoms with Gasteiger partial charge >= 0.3 is 0 Å². The van der Waals surface area contributed by atoms with Crippen LogP contribution in [-0.4, -0.2) is 44.3 Å². The molecule has 208 valence electrons. The van der Waals surface area contributed by atoms with Crippen molar-refractivity contribution in [3.05, 3.63) is 94.5 Å². The van der Waals surface area contributed by atoms with Crippen LogP contribution in [0.2, 0.25) is 5.02 Å². The fourth-order valence-electron chi connectivity index (χ4n) is 4.10. The Morgan fingerprint density at radius 1 is 0.949 bits per heavy atom. The molecule has 39 heavy (non-hydrogen) atoms. The van der Waals surface area contributed by atoms with Gasteiger partial charge in [-0.2, -0.15) is 0 Å². The van der Waals surface area contributed by atoms with Crippen LogP contribution in [0.4, 0.5) is 5.69 Å². The molecule has 0 spiro atoms. The third-order valence-corrected chi connectivity index (χ3v) is 8.44. The van der Waals surface area contributed by atoms with Crippen molar-refractivity contribution in [3.63, 3.8) is 0 Å². The Labute approximate surface area is 236 Å². The molecule has 0 radical (unpaired) electrons. The number of carbonyl (C=O) groups is 2.